The predicted octanol–water partition coefficient (Wildman–Crippen LogP) is 12.8. The number of hydrogen-bond acceptors (Lipinski definition) is 3. The zero-order valence-corrected chi connectivity index (χ0v) is 25.2. The Kier molecular flexibility index (Phi) is 6.03. The van der Waals surface area contributed by atoms with Crippen LogP contribution in [0.15, 0.2) is 168 Å². The minimum absolute atomic E-state index is 0.874. The lowest BCUT2D eigenvalue weighted by atomic mass is 9.95. The lowest BCUT2D eigenvalue weighted by Gasteiger charge is -2.30. The lowest BCUT2D eigenvalue weighted by Crippen LogP contribution is -2.12. The molecule has 2 nitrogen and oxygen atoms in total. The molecule has 0 atom stereocenters. The molecule has 9 rings (SSSR count). The van der Waals surface area contributed by atoms with Crippen molar-refractivity contribution < 1.29 is 4.42 Å². The highest BCUT2D eigenvalue weighted by Gasteiger charge is 2.24. The normalized spacial score (nSPS) is 11.6. The minimum Gasteiger partial charge on any atom is -0.456 e. The van der Waals surface area contributed by atoms with Crippen LogP contribution in [-0.2, 0) is 0 Å². The molecule has 2 heterocycles. The van der Waals surface area contributed by atoms with Crippen LogP contribution in [0.1, 0.15) is 0 Å². The molecule has 0 N–H and O–H groups in total. The molecule has 0 amide bonds. The number of para-hydroxylation sites is 3. The quantitative estimate of drug-likeness (QED) is 0.197. The van der Waals surface area contributed by atoms with Crippen LogP contribution >= 0.6 is 11.3 Å². The summed E-state index contributed by atoms with van der Waals surface area (Å²) in [5, 5.41) is 4.80. The Balaban J connectivity index is 1.40. The van der Waals surface area contributed by atoms with Gasteiger partial charge in [0.2, 0.25) is 0 Å². The van der Waals surface area contributed by atoms with E-state index < -0.39 is 0 Å². The second-order valence-corrected chi connectivity index (χ2v) is 12.3. The highest BCUT2D eigenvalue weighted by atomic mass is 32.1. The van der Waals surface area contributed by atoms with E-state index in [0.29, 0.717) is 0 Å². The molecule has 0 aliphatic heterocycles. The molecule has 0 saturated heterocycles. The van der Waals surface area contributed by atoms with E-state index in [0.717, 1.165) is 44.6 Å². The summed E-state index contributed by atoms with van der Waals surface area (Å²) in [7, 11) is 0. The summed E-state index contributed by atoms with van der Waals surface area (Å²) in [6, 6.07) is 58.4. The molecular weight excluding hydrogens is 567 g/mol. The molecule has 0 spiro atoms. The number of rotatable bonds is 5. The van der Waals surface area contributed by atoms with Crippen LogP contribution < -0.4 is 4.90 Å². The van der Waals surface area contributed by atoms with E-state index in [4.69, 9.17) is 4.42 Å². The maximum absolute atomic E-state index is 6.41. The fourth-order valence-electron chi connectivity index (χ4n) is 6.76. The summed E-state index contributed by atoms with van der Waals surface area (Å²) in [4.78, 5) is 2.44. The number of fused-ring (bicyclic) bond motifs is 6. The van der Waals surface area contributed by atoms with Crippen LogP contribution in [0, 0.1) is 0 Å². The summed E-state index contributed by atoms with van der Waals surface area (Å²) in [5.74, 6) is 0. The number of thiophene rings is 1. The molecule has 9 aromatic rings. The van der Waals surface area contributed by atoms with Crippen molar-refractivity contribution in [3.63, 3.8) is 0 Å². The Morgan fingerprint density at radius 3 is 1.82 bits per heavy atom. The molecule has 212 valence electrons. The van der Waals surface area contributed by atoms with Gasteiger partial charge in [-0.1, -0.05) is 121 Å². The fourth-order valence-corrected chi connectivity index (χ4v) is 7.89. The smallest absolute Gasteiger partial charge is 0.137 e. The van der Waals surface area contributed by atoms with Crippen LogP contribution in [0.25, 0.3) is 64.4 Å². The highest BCUT2D eigenvalue weighted by molar-refractivity contribution is 7.25. The van der Waals surface area contributed by atoms with Crippen molar-refractivity contribution in [2.75, 3.05) is 4.90 Å². The van der Waals surface area contributed by atoms with Gasteiger partial charge in [-0.2, -0.15) is 0 Å². The third-order valence-corrected chi connectivity index (χ3v) is 9.82. The van der Waals surface area contributed by atoms with Crippen LogP contribution in [0.4, 0.5) is 17.1 Å². The van der Waals surface area contributed by atoms with Crippen molar-refractivity contribution in [3.8, 4) is 22.3 Å². The van der Waals surface area contributed by atoms with Gasteiger partial charge in [-0.3, -0.25) is 0 Å². The van der Waals surface area contributed by atoms with E-state index in [1.165, 1.54) is 36.9 Å². The van der Waals surface area contributed by atoms with Crippen LogP contribution in [0.2, 0.25) is 0 Å². The Bertz CT molecular complexity index is 2510. The summed E-state index contributed by atoms with van der Waals surface area (Å²) >= 11 is 1.86. The van der Waals surface area contributed by atoms with Crippen LogP contribution in [0.3, 0.4) is 0 Å². The zero-order valence-electron chi connectivity index (χ0n) is 24.4. The first kappa shape index (κ1) is 25.8. The second-order valence-electron chi connectivity index (χ2n) is 11.3. The number of benzene rings is 7. The van der Waals surface area contributed by atoms with Gasteiger partial charge in [-0.25, -0.2) is 0 Å². The molecule has 0 bridgehead atoms. The molecular formula is C42H27NOS. The standard InChI is InChI=1S/C42H27NOS/c1-2-14-28(15-3-1)29-16-4-8-21-34(29)43(36-23-13-25-38-42(36)32-18-6-10-24-37(32)44-38)35-22-9-5-17-30(35)31-20-12-27-40-41(31)33-19-7-11-26-39(33)45-40/h1-27H. The number of hydrogen-bond donors (Lipinski definition) is 0. The number of anilines is 3. The van der Waals surface area contributed by atoms with E-state index in [-0.39, 0.29) is 0 Å². The molecule has 0 radical (unpaired) electrons. The van der Waals surface area contributed by atoms with E-state index in [9.17, 15) is 0 Å². The molecule has 0 saturated carbocycles. The molecule has 7 aromatic carbocycles. The van der Waals surface area contributed by atoms with E-state index in [2.05, 4.69) is 163 Å². The van der Waals surface area contributed by atoms with Crippen LogP contribution in [-0.4, -0.2) is 0 Å². The van der Waals surface area contributed by atoms with Crippen molar-refractivity contribution in [1.82, 2.24) is 0 Å². The average Bonchev–Trinajstić information content (AvgIpc) is 3.68. The largest absolute Gasteiger partial charge is 0.456 e. The van der Waals surface area contributed by atoms with Crippen LogP contribution in [0.5, 0.6) is 0 Å². The van der Waals surface area contributed by atoms with Gasteiger partial charge in [0.25, 0.3) is 0 Å². The first-order valence-corrected chi connectivity index (χ1v) is 16.0. The highest BCUT2D eigenvalue weighted by Crippen LogP contribution is 2.50. The van der Waals surface area contributed by atoms with Gasteiger partial charge < -0.3 is 9.32 Å². The Morgan fingerprint density at radius 2 is 0.956 bits per heavy atom. The molecule has 2 aromatic heterocycles. The molecule has 3 heteroatoms. The van der Waals surface area contributed by atoms with E-state index in [1.54, 1.807) is 0 Å². The van der Waals surface area contributed by atoms with Crippen molar-refractivity contribution in [2.45, 2.75) is 0 Å². The molecule has 0 aliphatic rings. The number of furan rings is 1. The van der Waals surface area contributed by atoms with E-state index in [1.807, 2.05) is 17.4 Å². The number of nitrogens with zero attached hydrogens (tertiary/aromatic N) is 1. The SMILES string of the molecule is c1ccc(-c2ccccc2N(c2ccccc2-c2cccc3sc4ccccc4c23)c2cccc3oc4ccccc4c23)cc1. The maximum Gasteiger partial charge on any atom is 0.137 e. The Morgan fingerprint density at radius 1 is 0.378 bits per heavy atom. The summed E-state index contributed by atoms with van der Waals surface area (Å²) < 4.78 is 9.01. The van der Waals surface area contributed by atoms with Crippen molar-refractivity contribution in [1.29, 1.82) is 0 Å². The molecule has 0 aliphatic carbocycles. The van der Waals surface area contributed by atoms with Crippen molar-refractivity contribution in [2.24, 2.45) is 0 Å². The minimum atomic E-state index is 0.874. The lowest BCUT2D eigenvalue weighted by molar-refractivity contribution is 0.669. The monoisotopic (exact) mass is 593 g/mol. The van der Waals surface area contributed by atoms with Gasteiger partial charge in [0.1, 0.15) is 11.2 Å². The van der Waals surface area contributed by atoms with Crippen molar-refractivity contribution >= 4 is 70.5 Å². The van der Waals surface area contributed by atoms with Gasteiger partial charge in [-0.05, 0) is 53.6 Å². The molecule has 0 fully saturated rings. The van der Waals surface area contributed by atoms with Gasteiger partial charge in [0.05, 0.1) is 22.4 Å². The Hall–Kier alpha value is -5.64. The van der Waals surface area contributed by atoms with Gasteiger partial charge in [0.15, 0.2) is 0 Å². The Labute approximate surface area is 265 Å². The topological polar surface area (TPSA) is 16.4 Å². The third kappa shape index (κ3) is 4.16. The zero-order chi connectivity index (χ0) is 29.7. The maximum atomic E-state index is 6.41. The average molecular weight is 594 g/mol. The summed E-state index contributed by atoms with van der Waals surface area (Å²) in [6.45, 7) is 0. The first-order valence-electron chi connectivity index (χ1n) is 15.2. The van der Waals surface area contributed by atoms with Gasteiger partial charge in [0, 0.05) is 36.7 Å². The predicted molar refractivity (Wildman–Crippen MR) is 192 cm³/mol. The van der Waals surface area contributed by atoms with Crippen molar-refractivity contribution in [3.05, 3.63) is 164 Å². The first-order chi connectivity index (χ1) is 22.3. The second kappa shape index (κ2) is 10.5. The van der Waals surface area contributed by atoms with Gasteiger partial charge >= 0.3 is 0 Å². The fraction of sp³-hybridized carbons (Fsp3) is 0. The molecule has 0 unspecified atom stereocenters. The third-order valence-electron chi connectivity index (χ3n) is 8.69. The molecule has 45 heavy (non-hydrogen) atoms. The summed E-state index contributed by atoms with van der Waals surface area (Å²) in [6.07, 6.45) is 0. The van der Waals surface area contributed by atoms with Gasteiger partial charge in [-0.15, -0.1) is 11.3 Å². The van der Waals surface area contributed by atoms with E-state index >= 15 is 0 Å². The summed E-state index contributed by atoms with van der Waals surface area (Å²) in [5.41, 5.74) is 9.81.